The first-order valence-corrected chi connectivity index (χ1v) is 3.01. The van der Waals surface area contributed by atoms with Crippen molar-refractivity contribution in [1.82, 2.24) is 0 Å². The monoisotopic (exact) mass is 134 g/mol. The first-order chi connectivity index (χ1) is 3.83. The van der Waals surface area contributed by atoms with E-state index in [4.69, 9.17) is 9.84 Å². The molecule has 1 saturated heterocycles. The molecule has 3 nitrogen and oxygen atoms in total. The van der Waals surface area contributed by atoms with Crippen molar-refractivity contribution < 1.29 is 15.3 Å². The van der Waals surface area contributed by atoms with Crippen molar-refractivity contribution in [3.8, 4) is 0 Å². The molecule has 1 rings (SSSR count). The summed E-state index contributed by atoms with van der Waals surface area (Å²) in [6, 6.07) is 0. The maximum atomic E-state index is 8.76. The lowest BCUT2D eigenvalue weighted by Crippen LogP contribution is -2.44. The second-order valence-electron chi connectivity index (χ2n) is 2.50. The zero-order valence-electron chi connectivity index (χ0n) is 5.68. The van der Waals surface area contributed by atoms with E-state index in [0.29, 0.717) is 0 Å². The van der Waals surface area contributed by atoms with E-state index in [1.54, 1.807) is 0 Å². The first-order valence-electron chi connectivity index (χ1n) is 3.01. The first kappa shape index (κ1) is 8.88. The van der Waals surface area contributed by atoms with E-state index < -0.39 is 0 Å². The second-order valence-corrected chi connectivity index (χ2v) is 2.50. The Hall–Kier alpha value is -0.120. The van der Waals surface area contributed by atoms with Crippen LogP contribution in [0.2, 0.25) is 0 Å². The summed E-state index contributed by atoms with van der Waals surface area (Å²) < 4.78 is 4.96. The number of aliphatic hydroxyl groups excluding tert-OH is 1. The molecule has 3 N–H and O–H groups in total. The van der Waals surface area contributed by atoms with Gasteiger partial charge in [-0.1, -0.05) is 6.92 Å². The Labute approximate surface area is 54.9 Å². The van der Waals surface area contributed by atoms with Crippen molar-refractivity contribution in [2.24, 2.45) is 5.41 Å². The number of hydrogen-bond donors (Lipinski definition) is 1. The minimum Gasteiger partial charge on any atom is -0.412 e. The maximum absolute atomic E-state index is 8.76. The van der Waals surface area contributed by atoms with Gasteiger partial charge in [0, 0.05) is 5.41 Å². The summed E-state index contributed by atoms with van der Waals surface area (Å²) in [5.41, 5.74) is 0.139. The highest BCUT2D eigenvalue weighted by molar-refractivity contribution is 4.82. The number of aliphatic hydroxyl groups is 1. The van der Waals surface area contributed by atoms with Crippen LogP contribution in [0.25, 0.3) is 0 Å². The van der Waals surface area contributed by atoms with Crippen LogP contribution >= 0.6 is 0 Å². The third kappa shape index (κ3) is 1.41. The largest absolute Gasteiger partial charge is 0.412 e. The Morgan fingerprint density at radius 3 is 2.11 bits per heavy atom. The average molecular weight is 134 g/mol. The molecule has 1 aliphatic rings. The molecule has 0 aromatic heterocycles. The van der Waals surface area contributed by atoms with Crippen LogP contribution in [0.1, 0.15) is 13.3 Å². The standard InChI is InChI=1S/C6H12O2.H2O/c1-2-6(3-7)4-8-5-6;/h7H,2-5H2,1H3;1H2. The van der Waals surface area contributed by atoms with Crippen LogP contribution < -0.4 is 0 Å². The Balaban J connectivity index is 0.000000640. The van der Waals surface area contributed by atoms with Gasteiger partial charge in [-0.15, -0.1) is 0 Å². The molecule has 1 aliphatic heterocycles. The van der Waals surface area contributed by atoms with Crippen molar-refractivity contribution >= 4 is 0 Å². The van der Waals surface area contributed by atoms with E-state index in [0.717, 1.165) is 19.6 Å². The number of ether oxygens (including phenoxy) is 1. The van der Waals surface area contributed by atoms with Crippen molar-refractivity contribution in [2.75, 3.05) is 19.8 Å². The Bertz CT molecular complexity index is 64.9. The molecule has 0 aromatic rings. The molecule has 1 heterocycles. The molecule has 0 amide bonds. The smallest absolute Gasteiger partial charge is 0.0566 e. The zero-order chi connectivity index (χ0) is 6.04. The minimum atomic E-state index is 0. The lowest BCUT2D eigenvalue weighted by atomic mass is 9.84. The topological polar surface area (TPSA) is 61.0 Å². The molecule has 0 spiro atoms. The van der Waals surface area contributed by atoms with Crippen LogP contribution in [0.4, 0.5) is 0 Å². The van der Waals surface area contributed by atoms with Gasteiger partial charge in [-0.05, 0) is 6.42 Å². The lowest BCUT2D eigenvalue weighted by Gasteiger charge is -2.38. The van der Waals surface area contributed by atoms with Gasteiger partial charge in [0.05, 0.1) is 19.8 Å². The van der Waals surface area contributed by atoms with Gasteiger partial charge in [0.1, 0.15) is 0 Å². The highest BCUT2D eigenvalue weighted by Gasteiger charge is 2.35. The van der Waals surface area contributed by atoms with Crippen LogP contribution in [0.5, 0.6) is 0 Å². The second kappa shape index (κ2) is 3.15. The molecule has 0 saturated carbocycles. The molecular formula is C6H14O3. The Morgan fingerprint density at radius 1 is 1.56 bits per heavy atom. The van der Waals surface area contributed by atoms with Gasteiger partial charge in [-0.2, -0.15) is 0 Å². The van der Waals surface area contributed by atoms with Crippen molar-refractivity contribution in [3.63, 3.8) is 0 Å². The van der Waals surface area contributed by atoms with E-state index >= 15 is 0 Å². The van der Waals surface area contributed by atoms with E-state index in [1.807, 2.05) is 0 Å². The van der Waals surface area contributed by atoms with Gasteiger partial charge in [0.15, 0.2) is 0 Å². The van der Waals surface area contributed by atoms with Crippen molar-refractivity contribution in [1.29, 1.82) is 0 Å². The maximum Gasteiger partial charge on any atom is 0.0566 e. The summed E-state index contributed by atoms with van der Waals surface area (Å²) in [5, 5.41) is 8.76. The molecule has 0 aromatic carbocycles. The molecule has 1 fully saturated rings. The van der Waals surface area contributed by atoms with Gasteiger partial charge in [0.25, 0.3) is 0 Å². The summed E-state index contributed by atoms with van der Waals surface area (Å²) in [5.74, 6) is 0. The predicted octanol–water partition coefficient (Wildman–Crippen LogP) is -0.419. The van der Waals surface area contributed by atoms with Crippen molar-refractivity contribution in [2.45, 2.75) is 13.3 Å². The quantitative estimate of drug-likeness (QED) is 0.557. The normalized spacial score (nSPS) is 22.0. The Kier molecular flexibility index (Phi) is 3.11. The molecule has 0 radical (unpaired) electrons. The Morgan fingerprint density at radius 2 is 2.11 bits per heavy atom. The predicted molar refractivity (Wildman–Crippen MR) is 34.2 cm³/mol. The molecule has 3 heteroatoms. The average Bonchev–Trinajstić information content (AvgIpc) is 1.67. The van der Waals surface area contributed by atoms with Gasteiger partial charge in [-0.3, -0.25) is 0 Å². The molecule has 0 atom stereocenters. The summed E-state index contributed by atoms with van der Waals surface area (Å²) in [4.78, 5) is 0. The van der Waals surface area contributed by atoms with Crippen LogP contribution in [0.15, 0.2) is 0 Å². The van der Waals surface area contributed by atoms with E-state index in [-0.39, 0.29) is 17.5 Å². The fourth-order valence-corrected chi connectivity index (χ4v) is 0.798. The summed E-state index contributed by atoms with van der Waals surface area (Å²) >= 11 is 0. The highest BCUT2D eigenvalue weighted by Crippen LogP contribution is 2.29. The van der Waals surface area contributed by atoms with Crippen LogP contribution in [0.3, 0.4) is 0 Å². The van der Waals surface area contributed by atoms with Gasteiger partial charge < -0.3 is 15.3 Å². The summed E-state index contributed by atoms with van der Waals surface area (Å²) in [6.45, 7) is 3.86. The molecule has 0 aliphatic carbocycles. The van der Waals surface area contributed by atoms with Crippen LogP contribution in [0, 0.1) is 5.41 Å². The third-order valence-electron chi connectivity index (χ3n) is 1.90. The summed E-state index contributed by atoms with van der Waals surface area (Å²) in [7, 11) is 0. The molecule has 56 valence electrons. The van der Waals surface area contributed by atoms with E-state index in [1.165, 1.54) is 0 Å². The summed E-state index contributed by atoms with van der Waals surface area (Å²) in [6.07, 6.45) is 1.03. The third-order valence-corrected chi connectivity index (χ3v) is 1.90. The lowest BCUT2D eigenvalue weighted by molar-refractivity contribution is -0.138. The molecular weight excluding hydrogens is 120 g/mol. The van der Waals surface area contributed by atoms with Gasteiger partial charge >= 0.3 is 0 Å². The molecule has 0 unspecified atom stereocenters. The number of rotatable bonds is 2. The van der Waals surface area contributed by atoms with Gasteiger partial charge in [0.2, 0.25) is 0 Å². The van der Waals surface area contributed by atoms with Gasteiger partial charge in [-0.25, -0.2) is 0 Å². The van der Waals surface area contributed by atoms with E-state index in [9.17, 15) is 0 Å². The number of hydrogen-bond acceptors (Lipinski definition) is 2. The molecule has 9 heavy (non-hydrogen) atoms. The highest BCUT2D eigenvalue weighted by atomic mass is 16.5. The van der Waals surface area contributed by atoms with E-state index in [2.05, 4.69) is 6.92 Å². The minimum absolute atomic E-state index is 0. The van der Waals surface area contributed by atoms with Crippen molar-refractivity contribution in [3.05, 3.63) is 0 Å². The SMILES string of the molecule is CCC1(CO)COC1.O. The fraction of sp³-hybridized carbons (Fsp3) is 1.00. The zero-order valence-corrected chi connectivity index (χ0v) is 5.68. The molecule has 0 bridgehead atoms. The van der Waals surface area contributed by atoms with Crippen LogP contribution in [-0.2, 0) is 4.74 Å². The fourth-order valence-electron chi connectivity index (χ4n) is 0.798. The van der Waals surface area contributed by atoms with Crippen LogP contribution in [-0.4, -0.2) is 30.4 Å².